The molecule has 0 aromatic heterocycles. The molecule has 98 valence electrons. The van der Waals surface area contributed by atoms with Gasteiger partial charge in [-0.25, -0.2) is 0 Å². The van der Waals surface area contributed by atoms with Crippen LogP contribution in [0.1, 0.15) is 24.0 Å². The van der Waals surface area contributed by atoms with Crippen molar-refractivity contribution in [1.82, 2.24) is 0 Å². The van der Waals surface area contributed by atoms with Crippen molar-refractivity contribution in [3.05, 3.63) is 29.3 Å². The van der Waals surface area contributed by atoms with E-state index in [1.54, 1.807) is 7.11 Å². The molecule has 1 aromatic rings. The average Bonchev–Trinajstić information content (AvgIpc) is 2.83. The van der Waals surface area contributed by atoms with Gasteiger partial charge in [0.15, 0.2) is 5.79 Å². The summed E-state index contributed by atoms with van der Waals surface area (Å²) >= 11 is 5.87. The predicted octanol–water partition coefficient (Wildman–Crippen LogP) is 2.84. The molecule has 1 saturated heterocycles. The van der Waals surface area contributed by atoms with Crippen molar-refractivity contribution in [3.8, 4) is 5.75 Å². The Kier molecular flexibility index (Phi) is 3.22. The molecule has 0 amide bonds. The zero-order valence-electron chi connectivity index (χ0n) is 10.4. The van der Waals surface area contributed by atoms with E-state index >= 15 is 0 Å². The highest BCUT2D eigenvalue weighted by Gasteiger charge is 2.45. The summed E-state index contributed by atoms with van der Waals surface area (Å²) in [6.45, 7) is 0.570. The van der Waals surface area contributed by atoms with Gasteiger partial charge in [-0.15, -0.1) is 11.6 Å². The van der Waals surface area contributed by atoms with Crippen molar-refractivity contribution < 1.29 is 14.2 Å². The molecule has 0 N–H and O–H groups in total. The largest absolute Gasteiger partial charge is 0.497 e. The van der Waals surface area contributed by atoms with E-state index in [1.165, 1.54) is 5.56 Å². The number of fused-ring (bicyclic) bond motifs is 2. The monoisotopic (exact) mass is 268 g/mol. The first-order valence-corrected chi connectivity index (χ1v) is 6.86. The highest BCUT2D eigenvalue weighted by molar-refractivity contribution is 6.18. The smallest absolute Gasteiger partial charge is 0.195 e. The number of aryl methyl sites for hydroxylation is 1. The fourth-order valence-corrected chi connectivity index (χ4v) is 2.97. The molecule has 1 fully saturated rings. The third-order valence-corrected chi connectivity index (χ3v) is 4.06. The van der Waals surface area contributed by atoms with E-state index in [0.29, 0.717) is 12.5 Å². The Morgan fingerprint density at radius 2 is 2.39 bits per heavy atom. The van der Waals surface area contributed by atoms with Crippen LogP contribution in [-0.2, 0) is 21.7 Å². The molecule has 0 radical (unpaired) electrons. The Bertz CT molecular complexity index is 449. The van der Waals surface area contributed by atoms with Crippen LogP contribution in [-0.4, -0.2) is 25.7 Å². The minimum Gasteiger partial charge on any atom is -0.497 e. The van der Waals surface area contributed by atoms with E-state index in [4.69, 9.17) is 25.8 Å². The third-order valence-electron chi connectivity index (χ3n) is 3.71. The van der Waals surface area contributed by atoms with Crippen LogP contribution in [0, 0.1) is 0 Å². The minimum atomic E-state index is -0.596. The second-order valence-electron chi connectivity index (χ2n) is 4.83. The van der Waals surface area contributed by atoms with Crippen molar-refractivity contribution in [2.45, 2.75) is 31.2 Å². The average molecular weight is 269 g/mol. The van der Waals surface area contributed by atoms with Gasteiger partial charge < -0.3 is 14.2 Å². The molecule has 0 saturated carbocycles. The molecule has 1 aliphatic heterocycles. The second-order valence-corrected chi connectivity index (χ2v) is 5.14. The van der Waals surface area contributed by atoms with Crippen LogP contribution in [0.4, 0.5) is 0 Å². The van der Waals surface area contributed by atoms with Gasteiger partial charge in [0.05, 0.1) is 25.7 Å². The molecule has 1 spiro atoms. The molecule has 18 heavy (non-hydrogen) atoms. The highest BCUT2D eigenvalue weighted by Crippen LogP contribution is 2.44. The number of ether oxygens (including phenoxy) is 3. The molecule has 1 aliphatic carbocycles. The number of rotatable bonds is 2. The first-order chi connectivity index (χ1) is 8.77. The van der Waals surface area contributed by atoms with E-state index in [9.17, 15) is 0 Å². The molecule has 2 unspecified atom stereocenters. The van der Waals surface area contributed by atoms with Gasteiger partial charge in [-0.2, -0.15) is 0 Å². The van der Waals surface area contributed by atoms with Crippen molar-refractivity contribution >= 4 is 11.6 Å². The number of alkyl halides is 1. The Labute approximate surface area is 112 Å². The predicted molar refractivity (Wildman–Crippen MR) is 69.2 cm³/mol. The van der Waals surface area contributed by atoms with Crippen LogP contribution in [0.15, 0.2) is 18.2 Å². The number of methoxy groups -OCH3 is 1. The first-order valence-electron chi connectivity index (χ1n) is 6.32. The van der Waals surface area contributed by atoms with Crippen molar-refractivity contribution in [1.29, 1.82) is 0 Å². The molecule has 2 aliphatic rings. The second kappa shape index (κ2) is 4.72. The Hall–Kier alpha value is -0.770. The van der Waals surface area contributed by atoms with E-state index in [0.717, 1.165) is 30.6 Å². The highest BCUT2D eigenvalue weighted by atomic mass is 35.5. The summed E-state index contributed by atoms with van der Waals surface area (Å²) in [6, 6.07) is 6.13. The van der Waals surface area contributed by atoms with Crippen LogP contribution in [0.3, 0.4) is 0 Å². The summed E-state index contributed by atoms with van der Waals surface area (Å²) in [5.41, 5.74) is 2.40. The maximum absolute atomic E-state index is 6.06. The normalized spacial score (nSPS) is 30.4. The number of halogens is 1. The maximum atomic E-state index is 6.06. The van der Waals surface area contributed by atoms with Crippen molar-refractivity contribution in [3.63, 3.8) is 0 Å². The van der Waals surface area contributed by atoms with E-state index in [-0.39, 0.29) is 6.10 Å². The van der Waals surface area contributed by atoms with E-state index < -0.39 is 5.79 Å². The van der Waals surface area contributed by atoms with Gasteiger partial charge in [-0.05, 0) is 30.5 Å². The van der Waals surface area contributed by atoms with Gasteiger partial charge in [-0.3, -0.25) is 0 Å². The van der Waals surface area contributed by atoms with Crippen LogP contribution in [0.25, 0.3) is 0 Å². The molecule has 1 heterocycles. The molecule has 3 rings (SSSR count). The van der Waals surface area contributed by atoms with Gasteiger partial charge in [0.25, 0.3) is 0 Å². The van der Waals surface area contributed by atoms with Crippen molar-refractivity contribution in [2.24, 2.45) is 0 Å². The summed E-state index contributed by atoms with van der Waals surface area (Å²) in [6.07, 6.45) is 3.03. The number of hydrogen-bond donors (Lipinski definition) is 0. The summed E-state index contributed by atoms with van der Waals surface area (Å²) < 4.78 is 17.3. The van der Waals surface area contributed by atoms with Gasteiger partial charge in [0, 0.05) is 12.0 Å². The van der Waals surface area contributed by atoms with Crippen LogP contribution in [0.2, 0.25) is 0 Å². The molecular formula is C14H17ClO3. The topological polar surface area (TPSA) is 27.7 Å². The lowest BCUT2D eigenvalue weighted by Crippen LogP contribution is -2.32. The van der Waals surface area contributed by atoms with Crippen LogP contribution >= 0.6 is 11.6 Å². The van der Waals surface area contributed by atoms with E-state index in [2.05, 4.69) is 6.07 Å². The van der Waals surface area contributed by atoms with Gasteiger partial charge in [0.1, 0.15) is 5.75 Å². The first kappa shape index (κ1) is 12.3. The van der Waals surface area contributed by atoms with E-state index in [1.807, 2.05) is 12.1 Å². The minimum absolute atomic E-state index is 0.0104. The summed E-state index contributed by atoms with van der Waals surface area (Å²) in [5.74, 6) is 0.722. The fraction of sp³-hybridized carbons (Fsp3) is 0.571. The van der Waals surface area contributed by atoms with Gasteiger partial charge in [0.2, 0.25) is 0 Å². The molecule has 4 heteroatoms. The Morgan fingerprint density at radius 1 is 1.50 bits per heavy atom. The zero-order valence-corrected chi connectivity index (χ0v) is 11.2. The molecular weight excluding hydrogens is 252 g/mol. The number of hydrogen-bond acceptors (Lipinski definition) is 3. The van der Waals surface area contributed by atoms with Crippen LogP contribution in [0.5, 0.6) is 5.75 Å². The standard InChI is InChI=1S/C14H17ClO3/c1-16-11-5-4-10-3-2-6-14(13(10)7-11)17-9-12(8-15)18-14/h4-5,7,12H,2-3,6,8-9H2,1H3. The Morgan fingerprint density at radius 3 is 3.11 bits per heavy atom. The quantitative estimate of drug-likeness (QED) is 0.772. The SMILES string of the molecule is COc1ccc2c(c1)C1(CCC2)OCC(CCl)O1. The van der Waals surface area contributed by atoms with Gasteiger partial charge in [-0.1, -0.05) is 6.07 Å². The molecule has 3 nitrogen and oxygen atoms in total. The lowest BCUT2D eigenvalue weighted by atomic mass is 9.86. The summed E-state index contributed by atoms with van der Waals surface area (Å²) in [5, 5.41) is 0. The summed E-state index contributed by atoms with van der Waals surface area (Å²) in [4.78, 5) is 0. The van der Waals surface area contributed by atoms with Crippen LogP contribution < -0.4 is 4.74 Å². The number of benzene rings is 1. The fourth-order valence-electron chi connectivity index (χ4n) is 2.81. The molecule has 0 bridgehead atoms. The lowest BCUT2D eigenvalue weighted by molar-refractivity contribution is -0.184. The molecule has 2 atom stereocenters. The summed E-state index contributed by atoms with van der Waals surface area (Å²) in [7, 11) is 1.68. The third kappa shape index (κ3) is 1.91. The van der Waals surface area contributed by atoms with Crippen molar-refractivity contribution in [2.75, 3.05) is 19.6 Å². The molecule has 1 aromatic carbocycles. The Balaban J connectivity index is 2.00. The lowest BCUT2D eigenvalue weighted by Gasteiger charge is -2.34. The maximum Gasteiger partial charge on any atom is 0.195 e. The van der Waals surface area contributed by atoms with Gasteiger partial charge >= 0.3 is 0 Å². The zero-order chi connectivity index (χ0) is 12.6.